The van der Waals surface area contributed by atoms with Gasteiger partial charge in [-0.1, -0.05) is 39.7 Å². The minimum atomic E-state index is -3.77. The average molecular weight is 392 g/mol. The van der Waals surface area contributed by atoms with E-state index in [0.29, 0.717) is 0 Å². The second-order valence-corrected chi connectivity index (χ2v) is 7.44. The van der Waals surface area contributed by atoms with E-state index in [1.807, 2.05) is 24.3 Å². The molecule has 0 saturated carbocycles. The summed E-state index contributed by atoms with van der Waals surface area (Å²) < 4.78 is 27.9. The molecular formula is C13H12BrClN2O3S. The number of pyridine rings is 1. The second kappa shape index (κ2) is 6.31. The van der Waals surface area contributed by atoms with E-state index in [1.165, 1.54) is 0 Å². The van der Waals surface area contributed by atoms with E-state index < -0.39 is 21.6 Å². The Morgan fingerprint density at radius 1 is 1.29 bits per heavy atom. The maximum Gasteiger partial charge on any atom is 0.266 e. The van der Waals surface area contributed by atoms with Crippen molar-refractivity contribution in [3.05, 3.63) is 61.9 Å². The van der Waals surface area contributed by atoms with Crippen LogP contribution in [0, 0.1) is 0 Å². The number of sulfonamides is 1. The number of nitrogens with one attached hydrogen (secondary N) is 2. The molecule has 1 atom stereocenters. The highest BCUT2D eigenvalue weighted by molar-refractivity contribution is 9.10. The Kier molecular flexibility index (Phi) is 4.88. The van der Waals surface area contributed by atoms with Crippen LogP contribution in [0.1, 0.15) is 18.5 Å². The summed E-state index contributed by atoms with van der Waals surface area (Å²) in [5.74, 6) is 0. The molecule has 0 spiro atoms. The van der Waals surface area contributed by atoms with Gasteiger partial charge in [0.1, 0.15) is 5.02 Å². The van der Waals surface area contributed by atoms with Crippen molar-refractivity contribution in [1.29, 1.82) is 0 Å². The zero-order chi connectivity index (χ0) is 15.6. The van der Waals surface area contributed by atoms with Crippen molar-refractivity contribution in [1.82, 2.24) is 9.71 Å². The average Bonchev–Trinajstić information content (AvgIpc) is 2.42. The van der Waals surface area contributed by atoms with Gasteiger partial charge in [0.15, 0.2) is 0 Å². The summed E-state index contributed by atoms with van der Waals surface area (Å²) in [5.41, 5.74) is 0.286. The summed E-state index contributed by atoms with van der Waals surface area (Å²) in [6.07, 6.45) is 1.12. The lowest BCUT2D eigenvalue weighted by Crippen LogP contribution is -2.27. The van der Waals surface area contributed by atoms with Gasteiger partial charge in [-0.25, -0.2) is 13.1 Å². The lowest BCUT2D eigenvalue weighted by Gasteiger charge is -2.14. The number of H-pyrrole nitrogens is 1. The van der Waals surface area contributed by atoms with Gasteiger partial charge in [-0.15, -0.1) is 0 Å². The van der Waals surface area contributed by atoms with Crippen LogP contribution in [0.25, 0.3) is 0 Å². The third-order valence-electron chi connectivity index (χ3n) is 2.84. The van der Waals surface area contributed by atoms with Gasteiger partial charge in [-0.3, -0.25) is 4.79 Å². The number of aromatic amines is 1. The van der Waals surface area contributed by atoms with E-state index in [-0.39, 0.29) is 9.92 Å². The molecule has 0 aliphatic heterocycles. The third-order valence-corrected chi connectivity index (χ3v) is 5.17. The fourth-order valence-electron chi connectivity index (χ4n) is 1.71. The summed E-state index contributed by atoms with van der Waals surface area (Å²) in [5, 5.41) is -0.172. The zero-order valence-corrected chi connectivity index (χ0v) is 14.1. The molecule has 0 fully saturated rings. The molecule has 0 aliphatic rings. The highest BCUT2D eigenvalue weighted by Crippen LogP contribution is 2.19. The minimum absolute atomic E-state index is 0.0870. The van der Waals surface area contributed by atoms with E-state index in [2.05, 4.69) is 25.6 Å². The number of benzene rings is 1. The van der Waals surface area contributed by atoms with Gasteiger partial charge < -0.3 is 4.98 Å². The lowest BCUT2D eigenvalue weighted by atomic mass is 10.1. The van der Waals surface area contributed by atoms with Gasteiger partial charge in [0, 0.05) is 16.7 Å². The van der Waals surface area contributed by atoms with Crippen LogP contribution in [-0.4, -0.2) is 13.4 Å². The Morgan fingerprint density at radius 2 is 1.90 bits per heavy atom. The summed E-state index contributed by atoms with van der Waals surface area (Å²) in [4.78, 5) is 13.4. The third kappa shape index (κ3) is 3.94. The van der Waals surface area contributed by atoms with Crippen LogP contribution in [0.5, 0.6) is 0 Å². The van der Waals surface area contributed by atoms with Crippen LogP contribution in [0.2, 0.25) is 5.02 Å². The fraction of sp³-hybridized carbons (Fsp3) is 0.154. The van der Waals surface area contributed by atoms with Crippen molar-refractivity contribution < 1.29 is 8.42 Å². The molecule has 1 aromatic heterocycles. The van der Waals surface area contributed by atoms with Crippen molar-refractivity contribution in [3.8, 4) is 0 Å². The Bertz CT molecular complexity index is 803. The van der Waals surface area contributed by atoms with Gasteiger partial charge in [0.2, 0.25) is 10.0 Å². The molecule has 2 N–H and O–H groups in total. The van der Waals surface area contributed by atoms with Crippen LogP contribution in [0.4, 0.5) is 0 Å². The lowest BCUT2D eigenvalue weighted by molar-refractivity contribution is 0.566. The molecule has 0 aliphatic carbocycles. The van der Waals surface area contributed by atoms with E-state index in [0.717, 1.165) is 22.3 Å². The number of hydrogen-bond donors (Lipinski definition) is 2. The predicted molar refractivity (Wildman–Crippen MR) is 85.0 cm³/mol. The largest absolute Gasteiger partial charge is 0.326 e. The van der Waals surface area contributed by atoms with Crippen molar-refractivity contribution >= 4 is 37.6 Å². The predicted octanol–water partition coefficient (Wildman–Crippen LogP) is 2.83. The second-order valence-electron chi connectivity index (χ2n) is 4.41. The number of halogens is 2. The molecular weight excluding hydrogens is 380 g/mol. The van der Waals surface area contributed by atoms with Crippen molar-refractivity contribution in [2.45, 2.75) is 17.9 Å². The van der Waals surface area contributed by atoms with Gasteiger partial charge in [-0.2, -0.15) is 0 Å². The maximum absolute atomic E-state index is 12.2. The van der Waals surface area contributed by atoms with Crippen LogP contribution in [0.15, 0.2) is 50.7 Å². The topological polar surface area (TPSA) is 79.0 Å². The highest BCUT2D eigenvalue weighted by atomic mass is 79.9. The van der Waals surface area contributed by atoms with Crippen LogP contribution in [-0.2, 0) is 10.0 Å². The highest BCUT2D eigenvalue weighted by Gasteiger charge is 2.19. The molecule has 2 rings (SSSR count). The summed E-state index contributed by atoms with van der Waals surface area (Å²) in [6.45, 7) is 1.73. The maximum atomic E-state index is 12.2. The Labute approximate surface area is 135 Å². The Morgan fingerprint density at radius 3 is 2.48 bits per heavy atom. The first-order valence-electron chi connectivity index (χ1n) is 5.95. The van der Waals surface area contributed by atoms with Crippen molar-refractivity contribution in [3.63, 3.8) is 0 Å². The molecule has 1 aromatic carbocycles. The SMILES string of the molecule is C[C@H](NS(=O)(=O)c1c[nH]c(=O)c(Cl)c1)c1ccc(Br)cc1. The zero-order valence-electron chi connectivity index (χ0n) is 10.9. The molecule has 0 saturated heterocycles. The minimum Gasteiger partial charge on any atom is -0.326 e. The molecule has 2 aromatic rings. The first-order chi connectivity index (χ1) is 9.79. The summed E-state index contributed by atoms with van der Waals surface area (Å²) in [7, 11) is -3.77. The van der Waals surface area contributed by atoms with Crippen molar-refractivity contribution in [2.24, 2.45) is 0 Å². The number of rotatable bonds is 4. The van der Waals surface area contributed by atoms with E-state index in [9.17, 15) is 13.2 Å². The molecule has 1 heterocycles. The van der Waals surface area contributed by atoms with E-state index >= 15 is 0 Å². The standard InChI is InChI=1S/C13H12BrClN2O3S/c1-8(9-2-4-10(14)5-3-9)17-21(19,20)11-6-12(15)13(18)16-7-11/h2-8,17H,1H3,(H,16,18)/t8-/m0/s1. The van der Waals surface area contributed by atoms with Gasteiger partial charge in [0.05, 0.1) is 4.90 Å². The first-order valence-corrected chi connectivity index (χ1v) is 8.61. The Balaban J connectivity index is 2.26. The molecule has 21 heavy (non-hydrogen) atoms. The number of aromatic nitrogens is 1. The molecule has 0 unspecified atom stereocenters. The molecule has 0 bridgehead atoms. The van der Waals surface area contributed by atoms with Crippen molar-refractivity contribution in [2.75, 3.05) is 0 Å². The van der Waals surface area contributed by atoms with Gasteiger partial charge in [0.25, 0.3) is 5.56 Å². The molecule has 8 heteroatoms. The van der Waals surface area contributed by atoms with E-state index in [1.54, 1.807) is 6.92 Å². The molecule has 5 nitrogen and oxygen atoms in total. The molecule has 0 amide bonds. The normalized spacial score (nSPS) is 13.1. The van der Waals surface area contributed by atoms with E-state index in [4.69, 9.17) is 11.6 Å². The summed E-state index contributed by atoms with van der Waals surface area (Å²) in [6, 6.07) is 7.99. The molecule has 112 valence electrons. The van der Waals surface area contributed by atoms with Crippen LogP contribution < -0.4 is 10.3 Å². The quantitative estimate of drug-likeness (QED) is 0.841. The first kappa shape index (κ1) is 16.2. The fourth-order valence-corrected chi connectivity index (χ4v) is 3.44. The van der Waals surface area contributed by atoms with Gasteiger partial charge >= 0.3 is 0 Å². The summed E-state index contributed by atoms with van der Waals surface area (Å²) >= 11 is 8.97. The smallest absolute Gasteiger partial charge is 0.266 e. The molecule has 0 radical (unpaired) electrons. The van der Waals surface area contributed by atoms with Gasteiger partial charge in [-0.05, 0) is 30.7 Å². The number of hydrogen-bond acceptors (Lipinski definition) is 3. The monoisotopic (exact) mass is 390 g/mol. The van der Waals surface area contributed by atoms with Crippen LogP contribution >= 0.6 is 27.5 Å². The van der Waals surface area contributed by atoms with Crippen LogP contribution in [0.3, 0.4) is 0 Å². The Hall–Kier alpha value is -1.15.